The molecule has 0 amide bonds. The van der Waals surface area contributed by atoms with Gasteiger partial charge < -0.3 is 10.2 Å². The fourth-order valence-corrected chi connectivity index (χ4v) is 3.57. The third kappa shape index (κ3) is 4.37. The minimum atomic E-state index is -3.54. The van der Waals surface area contributed by atoms with E-state index in [-0.39, 0.29) is 17.3 Å². The molecule has 2 N–H and O–H groups in total. The quantitative estimate of drug-likeness (QED) is 0.885. The van der Waals surface area contributed by atoms with Crippen molar-refractivity contribution in [2.24, 2.45) is 0 Å². The lowest BCUT2D eigenvalue weighted by Crippen LogP contribution is -2.43. The van der Waals surface area contributed by atoms with Crippen LogP contribution in [0.1, 0.15) is 0 Å². The lowest BCUT2D eigenvalue weighted by molar-refractivity contribution is 0.589. The molecular weight excluding hydrogens is 334 g/mol. The average molecular weight is 354 g/mol. The highest BCUT2D eigenvalue weighted by Gasteiger charge is 2.15. The first-order valence-electron chi connectivity index (χ1n) is 7.29. The van der Waals surface area contributed by atoms with Crippen LogP contribution in [0.15, 0.2) is 59.5 Å². The van der Waals surface area contributed by atoms with Gasteiger partial charge in [0.25, 0.3) is 10.0 Å². The number of benzene rings is 2. The standard InChI is InChI=1S/C16H19N3O2S.ClH/c20-22(21,16-7-2-1-3-8-16)18-14-5-4-6-15(13-14)19-11-9-17-10-12-19;/h1-8,13,17-18H,9-12H2;1H. The zero-order chi connectivity index (χ0) is 15.4. The van der Waals surface area contributed by atoms with Crippen LogP contribution in [0, 0.1) is 0 Å². The SMILES string of the molecule is Cl.O=S(=O)(Nc1cccc(N2CCNCC2)c1)c1ccccc1. The van der Waals surface area contributed by atoms with E-state index in [4.69, 9.17) is 0 Å². The fraction of sp³-hybridized carbons (Fsp3) is 0.250. The summed E-state index contributed by atoms with van der Waals surface area (Å²) in [4.78, 5) is 2.51. The number of piperazine rings is 1. The summed E-state index contributed by atoms with van der Waals surface area (Å²) in [5.41, 5.74) is 1.62. The normalized spacial score (nSPS) is 14.9. The van der Waals surface area contributed by atoms with E-state index in [1.165, 1.54) is 0 Å². The molecule has 7 heteroatoms. The van der Waals surface area contributed by atoms with Crippen molar-refractivity contribution in [1.29, 1.82) is 0 Å². The number of anilines is 2. The van der Waals surface area contributed by atoms with E-state index in [2.05, 4.69) is 14.9 Å². The molecular formula is C16H20ClN3O2S. The van der Waals surface area contributed by atoms with E-state index in [0.717, 1.165) is 31.9 Å². The van der Waals surface area contributed by atoms with Gasteiger partial charge in [-0.15, -0.1) is 12.4 Å². The van der Waals surface area contributed by atoms with Crippen molar-refractivity contribution in [2.75, 3.05) is 35.8 Å². The van der Waals surface area contributed by atoms with E-state index in [1.54, 1.807) is 36.4 Å². The summed E-state index contributed by atoms with van der Waals surface area (Å²) in [5, 5.41) is 3.31. The second-order valence-corrected chi connectivity index (χ2v) is 6.89. The van der Waals surface area contributed by atoms with Crippen molar-refractivity contribution in [3.63, 3.8) is 0 Å². The van der Waals surface area contributed by atoms with Crippen molar-refractivity contribution >= 4 is 33.8 Å². The molecule has 2 aromatic rings. The maximum atomic E-state index is 12.4. The van der Waals surface area contributed by atoms with Crippen LogP contribution in [-0.4, -0.2) is 34.6 Å². The Bertz CT molecular complexity index is 732. The third-order valence-corrected chi connectivity index (χ3v) is 5.03. The van der Waals surface area contributed by atoms with Crippen molar-refractivity contribution < 1.29 is 8.42 Å². The second-order valence-electron chi connectivity index (χ2n) is 5.21. The first-order chi connectivity index (χ1) is 10.6. The molecule has 5 nitrogen and oxygen atoms in total. The molecule has 0 aromatic heterocycles. The van der Waals surface area contributed by atoms with Crippen molar-refractivity contribution in [2.45, 2.75) is 4.90 Å². The predicted molar refractivity (Wildman–Crippen MR) is 96.0 cm³/mol. The zero-order valence-electron chi connectivity index (χ0n) is 12.6. The van der Waals surface area contributed by atoms with Gasteiger partial charge in [0.15, 0.2) is 0 Å². The first-order valence-corrected chi connectivity index (χ1v) is 8.77. The maximum Gasteiger partial charge on any atom is 0.261 e. The number of halogens is 1. The smallest absolute Gasteiger partial charge is 0.261 e. The lowest BCUT2D eigenvalue weighted by Gasteiger charge is -2.29. The number of rotatable bonds is 4. The Morgan fingerprint density at radius 3 is 2.35 bits per heavy atom. The molecule has 0 atom stereocenters. The number of hydrogen-bond acceptors (Lipinski definition) is 4. The summed E-state index contributed by atoms with van der Waals surface area (Å²) in [7, 11) is -3.54. The Labute approximate surface area is 143 Å². The van der Waals surface area contributed by atoms with Gasteiger partial charge in [-0.25, -0.2) is 8.42 Å². The zero-order valence-corrected chi connectivity index (χ0v) is 14.2. The largest absolute Gasteiger partial charge is 0.369 e. The van der Waals surface area contributed by atoms with Crippen LogP contribution >= 0.6 is 12.4 Å². The highest BCUT2D eigenvalue weighted by atomic mass is 35.5. The summed E-state index contributed by atoms with van der Waals surface area (Å²) in [6, 6.07) is 15.9. The Balaban J connectivity index is 0.00000192. The highest BCUT2D eigenvalue weighted by Crippen LogP contribution is 2.22. The minimum absolute atomic E-state index is 0. The molecule has 0 aliphatic carbocycles. The fourth-order valence-electron chi connectivity index (χ4n) is 2.50. The molecule has 1 aliphatic rings. The first kappa shape index (κ1) is 17.6. The predicted octanol–water partition coefficient (Wildman–Crippen LogP) is 2.32. The van der Waals surface area contributed by atoms with Crippen LogP contribution in [0.4, 0.5) is 11.4 Å². The van der Waals surface area contributed by atoms with Crippen molar-refractivity contribution in [1.82, 2.24) is 5.32 Å². The Hall–Kier alpha value is -1.76. The molecule has 0 radical (unpaired) electrons. The third-order valence-electron chi connectivity index (χ3n) is 3.63. The summed E-state index contributed by atoms with van der Waals surface area (Å²) < 4.78 is 27.4. The minimum Gasteiger partial charge on any atom is -0.369 e. The molecule has 0 bridgehead atoms. The Morgan fingerprint density at radius 1 is 0.957 bits per heavy atom. The number of nitrogens with zero attached hydrogens (tertiary/aromatic N) is 1. The van der Waals surface area contributed by atoms with Crippen LogP contribution in [0.2, 0.25) is 0 Å². The van der Waals surface area contributed by atoms with Gasteiger partial charge in [-0.2, -0.15) is 0 Å². The van der Waals surface area contributed by atoms with Crippen molar-refractivity contribution in [3.8, 4) is 0 Å². The molecule has 0 spiro atoms. The van der Waals surface area contributed by atoms with Crippen LogP contribution in [0.3, 0.4) is 0 Å². The summed E-state index contributed by atoms with van der Waals surface area (Å²) >= 11 is 0. The van der Waals surface area contributed by atoms with Gasteiger partial charge in [0, 0.05) is 31.9 Å². The van der Waals surface area contributed by atoms with Gasteiger partial charge in [-0.05, 0) is 30.3 Å². The average Bonchev–Trinajstić information content (AvgIpc) is 2.56. The molecule has 0 saturated carbocycles. The highest BCUT2D eigenvalue weighted by molar-refractivity contribution is 7.92. The number of hydrogen-bond donors (Lipinski definition) is 2. The Morgan fingerprint density at radius 2 is 1.65 bits per heavy atom. The second kappa shape index (κ2) is 7.68. The number of nitrogens with one attached hydrogen (secondary N) is 2. The van der Waals surface area contributed by atoms with E-state index in [0.29, 0.717) is 5.69 Å². The van der Waals surface area contributed by atoms with Crippen LogP contribution in [0.5, 0.6) is 0 Å². The van der Waals surface area contributed by atoms with Gasteiger partial charge in [-0.1, -0.05) is 24.3 Å². The Kier molecular flexibility index (Phi) is 5.87. The molecule has 1 fully saturated rings. The van der Waals surface area contributed by atoms with E-state index in [1.807, 2.05) is 18.2 Å². The molecule has 3 rings (SSSR count). The van der Waals surface area contributed by atoms with E-state index < -0.39 is 10.0 Å². The molecule has 2 aromatic carbocycles. The lowest BCUT2D eigenvalue weighted by atomic mass is 10.2. The van der Waals surface area contributed by atoms with Gasteiger partial charge in [0.2, 0.25) is 0 Å². The van der Waals surface area contributed by atoms with Gasteiger partial charge in [0.1, 0.15) is 0 Å². The molecule has 1 saturated heterocycles. The van der Waals surface area contributed by atoms with Crippen LogP contribution < -0.4 is 14.9 Å². The molecule has 23 heavy (non-hydrogen) atoms. The van der Waals surface area contributed by atoms with Crippen molar-refractivity contribution in [3.05, 3.63) is 54.6 Å². The van der Waals surface area contributed by atoms with Crippen LogP contribution in [0.25, 0.3) is 0 Å². The van der Waals surface area contributed by atoms with E-state index in [9.17, 15) is 8.42 Å². The summed E-state index contributed by atoms with van der Waals surface area (Å²) in [6.07, 6.45) is 0. The topological polar surface area (TPSA) is 61.4 Å². The van der Waals surface area contributed by atoms with E-state index >= 15 is 0 Å². The molecule has 1 heterocycles. The van der Waals surface area contributed by atoms with Gasteiger partial charge >= 0.3 is 0 Å². The van der Waals surface area contributed by atoms with Crippen LogP contribution in [-0.2, 0) is 10.0 Å². The molecule has 0 unspecified atom stereocenters. The summed E-state index contributed by atoms with van der Waals surface area (Å²) in [6.45, 7) is 3.74. The summed E-state index contributed by atoms with van der Waals surface area (Å²) in [5.74, 6) is 0. The number of sulfonamides is 1. The molecule has 1 aliphatic heterocycles. The van der Waals surface area contributed by atoms with Gasteiger partial charge in [0.05, 0.1) is 10.6 Å². The maximum absolute atomic E-state index is 12.4. The molecule has 124 valence electrons. The van der Waals surface area contributed by atoms with Gasteiger partial charge in [-0.3, -0.25) is 4.72 Å². The monoisotopic (exact) mass is 353 g/mol.